The van der Waals surface area contributed by atoms with E-state index >= 15 is 0 Å². The first-order valence-corrected chi connectivity index (χ1v) is 5.71. The maximum atomic E-state index is 11.8. The number of aromatic nitrogens is 1. The molecule has 6 nitrogen and oxygen atoms in total. The van der Waals surface area contributed by atoms with Crippen LogP contribution in [-0.4, -0.2) is 40.1 Å². The predicted octanol–water partition coefficient (Wildman–Crippen LogP) is 1.26. The third kappa shape index (κ3) is 4.04. The van der Waals surface area contributed by atoms with E-state index in [4.69, 9.17) is 5.11 Å². The van der Waals surface area contributed by atoms with E-state index < -0.39 is 12.0 Å². The SMILES string of the molecule is CCN(CC(=O)O)C(=O)NC(C)c1cccnc1. The molecular weight excluding hydrogens is 234 g/mol. The summed E-state index contributed by atoms with van der Waals surface area (Å²) in [5.74, 6) is -1.03. The smallest absolute Gasteiger partial charge is 0.323 e. The van der Waals surface area contributed by atoms with Gasteiger partial charge < -0.3 is 15.3 Å². The van der Waals surface area contributed by atoms with Gasteiger partial charge in [0.05, 0.1) is 6.04 Å². The Morgan fingerprint density at radius 2 is 2.28 bits per heavy atom. The number of amides is 2. The first kappa shape index (κ1) is 14.0. The standard InChI is InChI=1S/C12H17N3O3/c1-3-15(8-11(16)17)12(18)14-9(2)10-5-4-6-13-7-10/h4-7,9H,3,8H2,1-2H3,(H,14,18)(H,16,17). The molecule has 0 radical (unpaired) electrons. The largest absolute Gasteiger partial charge is 0.480 e. The molecule has 1 atom stereocenters. The van der Waals surface area contributed by atoms with Crippen LogP contribution >= 0.6 is 0 Å². The highest BCUT2D eigenvalue weighted by Crippen LogP contribution is 2.10. The Labute approximate surface area is 106 Å². The molecule has 2 N–H and O–H groups in total. The molecule has 18 heavy (non-hydrogen) atoms. The third-order valence-electron chi connectivity index (χ3n) is 2.52. The van der Waals surface area contributed by atoms with Crippen LogP contribution in [0.1, 0.15) is 25.5 Å². The molecule has 0 fully saturated rings. The molecule has 1 heterocycles. The molecule has 98 valence electrons. The molecule has 0 spiro atoms. The van der Waals surface area contributed by atoms with Gasteiger partial charge in [0.1, 0.15) is 6.54 Å². The second-order valence-corrected chi connectivity index (χ2v) is 3.87. The topological polar surface area (TPSA) is 82.5 Å². The molecule has 1 unspecified atom stereocenters. The van der Waals surface area contributed by atoms with Crippen LogP contribution in [0.5, 0.6) is 0 Å². The second-order valence-electron chi connectivity index (χ2n) is 3.87. The van der Waals surface area contributed by atoms with Crippen LogP contribution in [0, 0.1) is 0 Å². The maximum Gasteiger partial charge on any atom is 0.323 e. The lowest BCUT2D eigenvalue weighted by molar-refractivity contribution is -0.137. The summed E-state index contributed by atoms with van der Waals surface area (Å²) in [5, 5.41) is 11.4. The molecule has 1 aromatic heterocycles. The molecular formula is C12H17N3O3. The summed E-state index contributed by atoms with van der Waals surface area (Å²) < 4.78 is 0. The average Bonchev–Trinajstić information content (AvgIpc) is 2.36. The van der Waals surface area contributed by atoms with Crippen LogP contribution in [0.2, 0.25) is 0 Å². The van der Waals surface area contributed by atoms with Crippen LogP contribution < -0.4 is 5.32 Å². The minimum Gasteiger partial charge on any atom is -0.480 e. The van der Waals surface area contributed by atoms with Crippen LogP contribution in [0.3, 0.4) is 0 Å². The van der Waals surface area contributed by atoms with Crippen LogP contribution in [-0.2, 0) is 4.79 Å². The number of pyridine rings is 1. The number of hydrogen-bond donors (Lipinski definition) is 2. The molecule has 2 amide bonds. The highest BCUT2D eigenvalue weighted by atomic mass is 16.4. The molecule has 0 saturated carbocycles. The number of aliphatic carboxylic acids is 1. The highest BCUT2D eigenvalue weighted by Gasteiger charge is 2.17. The summed E-state index contributed by atoms with van der Waals surface area (Å²) in [6.07, 6.45) is 3.32. The number of urea groups is 1. The van der Waals surface area contributed by atoms with Gasteiger partial charge in [-0.05, 0) is 25.5 Å². The lowest BCUT2D eigenvalue weighted by Crippen LogP contribution is -2.43. The Hall–Kier alpha value is -2.11. The van der Waals surface area contributed by atoms with Gasteiger partial charge >= 0.3 is 12.0 Å². The zero-order valence-corrected chi connectivity index (χ0v) is 10.5. The monoisotopic (exact) mass is 251 g/mol. The number of rotatable bonds is 5. The average molecular weight is 251 g/mol. The van der Waals surface area contributed by atoms with E-state index in [9.17, 15) is 9.59 Å². The Morgan fingerprint density at radius 1 is 1.56 bits per heavy atom. The summed E-state index contributed by atoms with van der Waals surface area (Å²) in [5.41, 5.74) is 0.872. The molecule has 0 saturated heterocycles. The molecule has 6 heteroatoms. The molecule has 1 rings (SSSR count). The van der Waals surface area contributed by atoms with Gasteiger partial charge in [-0.15, -0.1) is 0 Å². The van der Waals surface area contributed by atoms with E-state index in [0.29, 0.717) is 6.54 Å². The molecule has 0 aromatic carbocycles. The van der Waals surface area contributed by atoms with Gasteiger partial charge in [-0.25, -0.2) is 4.79 Å². The van der Waals surface area contributed by atoms with Crippen molar-refractivity contribution in [1.29, 1.82) is 0 Å². The number of nitrogens with one attached hydrogen (secondary N) is 1. The number of carbonyl (C=O) groups is 2. The molecule has 0 aliphatic heterocycles. The fourth-order valence-electron chi connectivity index (χ4n) is 1.48. The van der Waals surface area contributed by atoms with Gasteiger partial charge in [0, 0.05) is 18.9 Å². The van der Waals surface area contributed by atoms with E-state index in [1.54, 1.807) is 25.4 Å². The van der Waals surface area contributed by atoms with Crippen LogP contribution in [0.4, 0.5) is 4.79 Å². The highest BCUT2D eigenvalue weighted by molar-refractivity contribution is 5.80. The minimum absolute atomic E-state index is 0.214. The summed E-state index contributed by atoms with van der Waals surface area (Å²) >= 11 is 0. The number of carbonyl (C=O) groups excluding carboxylic acids is 1. The normalized spacial score (nSPS) is 11.7. The summed E-state index contributed by atoms with van der Waals surface area (Å²) in [6, 6.07) is 3.03. The first-order chi connectivity index (χ1) is 8.54. The number of carboxylic acids is 1. The molecule has 0 bridgehead atoms. The van der Waals surface area contributed by atoms with Crippen molar-refractivity contribution in [2.75, 3.05) is 13.1 Å². The van der Waals surface area contributed by atoms with Crippen molar-refractivity contribution in [2.24, 2.45) is 0 Å². The maximum absolute atomic E-state index is 11.8. The van der Waals surface area contributed by atoms with E-state index in [0.717, 1.165) is 5.56 Å². The van der Waals surface area contributed by atoms with Gasteiger partial charge in [0.2, 0.25) is 0 Å². The van der Waals surface area contributed by atoms with E-state index in [2.05, 4.69) is 10.3 Å². The fraction of sp³-hybridized carbons (Fsp3) is 0.417. The quantitative estimate of drug-likeness (QED) is 0.825. The predicted molar refractivity (Wildman–Crippen MR) is 66.1 cm³/mol. The van der Waals surface area contributed by atoms with E-state index in [-0.39, 0.29) is 12.6 Å². The molecule has 0 aliphatic carbocycles. The van der Waals surface area contributed by atoms with Crippen LogP contribution in [0.25, 0.3) is 0 Å². The fourth-order valence-corrected chi connectivity index (χ4v) is 1.48. The number of hydrogen-bond acceptors (Lipinski definition) is 3. The van der Waals surface area contributed by atoms with Crippen molar-refractivity contribution in [3.8, 4) is 0 Å². The van der Waals surface area contributed by atoms with Crippen molar-refractivity contribution in [2.45, 2.75) is 19.9 Å². The zero-order chi connectivity index (χ0) is 13.5. The van der Waals surface area contributed by atoms with Crippen LogP contribution in [0.15, 0.2) is 24.5 Å². The number of likely N-dealkylation sites (N-methyl/N-ethyl adjacent to an activating group) is 1. The number of nitrogens with zero attached hydrogens (tertiary/aromatic N) is 2. The molecule has 1 aromatic rings. The van der Waals surface area contributed by atoms with Crippen molar-refractivity contribution < 1.29 is 14.7 Å². The van der Waals surface area contributed by atoms with Gasteiger partial charge in [-0.2, -0.15) is 0 Å². The Bertz CT molecular complexity index is 408. The van der Waals surface area contributed by atoms with Gasteiger partial charge in [0.15, 0.2) is 0 Å². The zero-order valence-electron chi connectivity index (χ0n) is 10.5. The van der Waals surface area contributed by atoms with Gasteiger partial charge in [-0.1, -0.05) is 6.07 Å². The third-order valence-corrected chi connectivity index (χ3v) is 2.52. The Morgan fingerprint density at radius 3 is 2.78 bits per heavy atom. The second kappa shape index (κ2) is 6.58. The summed E-state index contributed by atoms with van der Waals surface area (Å²) in [4.78, 5) is 27.6. The van der Waals surface area contributed by atoms with Crippen molar-refractivity contribution in [1.82, 2.24) is 15.2 Å². The lowest BCUT2D eigenvalue weighted by Gasteiger charge is -2.22. The lowest BCUT2D eigenvalue weighted by atomic mass is 10.1. The number of carboxylic acid groups (broad SMARTS) is 1. The Balaban J connectivity index is 2.60. The minimum atomic E-state index is -1.03. The van der Waals surface area contributed by atoms with Gasteiger partial charge in [0.25, 0.3) is 0 Å². The summed E-state index contributed by atoms with van der Waals surface area (Å²) in [7, 11) is 0. The van der Waals surface area contributed by atoms with Crippen molar-refractivity contribution in [3.05, 3.63) is 30.1 Å². The van der Waals surface area contributed by atoms with E-state index in [1.807, 2.05) is 13.0 Å². The summed E-state index contributed by atoms with van der Waals surface area (Å²) in [6.45, 7) is 3.60. The van der Waals surface area contributed by atoms with E-state index in [1.165, 1.54) is 4.90 Å². The van der Waals surface area contributed by atoms with Crippen molar-refractivity contribution >= 4 is 12.0 Å². The van der Waals surface area contributed by atoms with Gasteiger partial charge in [-0.3, -0.25) is 9.78 Å². The molecule has 0 aliphatic rings. The first-order valence-electron chi connectivity index (χ1n) is 5.71. The van der Waals surface area contributed by atoms with Crippen molar-refractivity contribution in [3.63, 3.8) is 0 Å². The Kier molecular flexibility index (Phi) is 5.10.